The van der Waals surface area contributed by atoms with Crippen LogP contribution in [0.25, 0.3) is 6.08 Å². The summed E-state index contributed by atoms with van der Waals surface area (Å²) in [6.07, 6.45) is 3.45. The van der Waals surface area contributed by atoms with Crippen LogP contribution in [0, 0.1) is 0 Å². The minimum Gasteiger partial charge on any atom is -0.494 e. The second-order valence-electron chi connectivity index (χ2n) is 6.28. The Kier molecular flexibility index (Phi) is 8.28. The van der Waals surface area contributed by atoms with Gasteiger partial charge in [-0.25, -0.2) is 0 Å². The number of hydrogen-bond donors (Lipinski definition) is 0. The fraction of sp³-hybridized carbons (Fsp3) is 0.304. The van der Waals surface area contributed by atoms with Crippen LogP contribution in [0.1, 0.15) is 37.4 Å². The Morgan fingerprint density at radius 2 is 1.75 bits per heavy atom. The topological polar surface area (TPSA) is 55.8 Å². The van der Waals surface area contributed by atoms with Gasteiger partial charge >= 0.3 is 5.97 Å². The molecule has 148 valence electrons. The van der Waals surface area contributed by atoms with E-state index in [1.54, 1.807) is 11.0 Å². The molecule has 0 radical (unpaired) electrons. The molecule has 0 aliphatic rings. The molecule has 0 saturated heterocycles. The zero-order valence-electron chi connectivity index (χ0n) is 16.6. The van der Waals surface area contributed by atoms with Gasteiger partial charge in [0, 0.05) is 12.6 Å². The lowest BCUT2D eigenvalue weighted by Crippen LogP contribution is -2.34. The van der Waals surface area contributed by atoms with E-state index < -0.39 is 0 Å². The number of hydrogen-bond acceptors (Lipinski definition) is 4. The van der Waals surface area contributed by atoms with Crippen LogP contribution in [-0.4, -0.2) is 37.0 Å². The molecule has 1 unspecified atom stereocenters. The SMILES string of the molecule is CCOc1ccc(/C=C/C(=O)N(CCC(=O)OC)C(C)c2ccccc2)cc1. The third kappa shape index (κ3) is 6.27. The molecule has 0 spiro atoms. The van der Waals surface area contributed by atoms with Gasteiger partial charge in [0.15, 0.2) is 0 Å². The number of nitrogens with zero attached hydrogens (tertiary/aromatic N) is 1. The molecule has 2 aromatic rings. The minimum atomic E-state index is -0.339. The third-order valence-electron chi connectivity index (χ3n) is 4.43. The molecule has 0 heterocycles. The van der Waals surface area contributed by atoms with Crippen LogP contribution < -0.4 is 4.74 Å². The summed E-state index contributed by atoms with van der Waals surface area (Å²) < 4.78 is 10.1. The first kappa shape index (κ1) is 21.2. The molecular weight excluding hydrogens is 354 g/mol. The highest BCUT2D eigenvalue weighted by molar-refractivity contribution is 5.92. The number of rotatable bonds is 9. The van der Waals surface area contributed by atoms with Gasteiger partial charge in [0.05, 0.1) is 26.2 Å². The van der Waals surface area contributed by atoms with E-state index >= 15 is 0 Å². The predicted octanol–water partition coefficient (Wildman–Crippen LogP) is 4.25. The van der Waals surface area contributed by atoms with E-state index in [0.29, 0.717) is 6.61 Å². The summed E-state index contributed by atoms with van der Waals surface area (Å²) >= 11 is 0. The fourth-order valence-electron chi connectivity index (χ4n) is 2.83. The standard InChI is InChI=1S/C23H27NO4/c1-4-28-21-13-10-19(11-14-21)12-15-22(25)24(17-16-23(26)27-3)18(2)20-8-6-5-7-9-20/h5-15,18H,4,16-17H2,1-3H3/b15-12+. The van der Waals surface area contributed by atoms with Gasteiger partial charge in [0.1, 0.15) is 5.75 Å². The van der Waals surface area contributed by atoms with Crippen molar-refractivity contribution < 1.29 is 19.1 Å². The van der Waals surface area contributed by atoms with E-state index in [9.17, 15) is 9.59 Å². The largest absolute Gasteiger partial charge is 0.494 e. The monoisotopic (exact) mass is 381 g/mol. The number of methoxy groups -OCH3 is 1. The first-order valence-electron chi connectivity index (χ1n) is 9.38. The number of carbonyl (C=O) groups excluding carboxylic acids is 2. The average Bonchev–Trinajstić information content (AvgIpc) is 2.73. The second kappa shape index (κ2) is 10.9. The molecule has 0 saturated carbocycles. The molecular formula is C23H27NO4. The Balaban J connectivity index is 2.13. The zero-order chi connectivity index (χ0) is 20.4. The van der Waals surface area contributed by atoms with Crippen molar-refractivity contribution in [2.45, 2.75) is 26.3 Å². The van der Waals surface area contributed by atoms with Gasteiger partial charge in [-0.3, -0.25) is 9.59 Å². The van der Waals surface area contributed by atoms with Crippen LogP contribution in [0.4, 0.5) is 0 Å². The van der Waals surface area contributed by atoms with Crippen molar-refractivity contribution in [3.63, 3.8) is 0 Å². The van der Waals surface area contributed by atoms with Crippen molar-refractivity contribution >= 4 is 18.0 Å². The maximum Gasteiger partial charge on any atom is 0.307 e. The Morgan fingerprint density at radius 1 is 1.07 bits per heavy atom. The predicted molar refractivity (Wildman–Crippen MR) is 110 cm³/mol. The van der Waals surface area contributed by atoms with Crippen LogP contribution in [0.15, 0.2) is 60.7 Å². The summed E-state index contributed by atoms with van der Waals surface area (Å²) in [6.45, 7) is 4.79. The van der Waals surface area contributed by atoms with Crippen LogP contribution in [0.5, 0.6) is 5.75 Å². The molecule has 28 heavy (non-hydrogen) atoms. The molecule has 2 rings (SSSR count). The van der Waals surface area contributed by atoms with Gasteiger partial charge in [-0.2, -0.15) is 0 Å². The van der Waals surface area contributed by atoms with Crippen LogP contribution in [0.2, 0.25) is 0 Å². The number of ether oxygens (including phenoxy) is 2. The Hall–Kier alpha value is -3.08. The summed E-state index contributed by atoms with van der Waals surface area (Å²) in [5, 5.41) is 0. The number of carbonyl (C=O) groups is 2. The Labute approximate surface area is 166 Å². The lowest BCUT2D eigenvalue weighted by molar-refractivity contribution is -0.141. The second-order valence-corrected chi connectivity index (χ2v) is 6.28. The van der Waals surface area contributed by atoms with Gasteiger partial charge in [0.2, 0.25) is 5.91 Å². The maximum atomic E-state index is 12.9. The average molecular weight is 381 g/mol. The quantitative estimate of drug-likeness (QED) is 0.481. The number of esters is 1. The molecule has 5 nitrogen and oxygen atoms in total. The summed E-state index contributed by atoms with van der Waals surface area (Å²) in [7, 11) is 1.35. The normalized spacial score (nSPS) is 11.8. The summed E-state index contributed by atoms with van der Waals surface area (Å²) in [4.78, 5) is 26.1. The molecule has 2 aromatic carbocycles. The number of amides is 1. The highest BCUT2D eigenvalue weighted by Crippen LogP contribution is 2.21. The molecule has 5 heteroatoms. The van der Waals surface area contributed by atoms with Crippen LogP contribution in [0.3, 0.4) is 0 Å². The lowest BCUT2D eigenvalue weighted by Gasteiger charge is -2.28. The zero-order valence-corrected chi connectivity index (χ0v) is 16.6. The van der Waals surface area contributed by atoms with Gasteiger partial charge < -0.3 is 14.4 Å². The van der Waals surface area contributed by atoms with E-state index in [1.165, 1.54) is 13.2 Å². The lowest BCUT2D eigenvalue weighted by atomic mass is 10.1. The van der Waals surface area contributed by atoms with Gasteiger partial charge in [-0.1, -0.05) is 42.5 Å². The maximum absolute atomic E-state index is 12.9. The van der Waals surface area contributed by atoms with Gasteiger partial charge in [-0.05, 0) is 43.2 Å². The Bertz CT molecular complexity index is 784. The van der Waals surface area contributed by atoms with Crippen molar-refractivity contribution in [1.82, 2.24) is 4.90 Å². The third-order valence-corrected chi connectivity index (χ3v) is 4.43. The van der Waals surface area contributed by atoms with Gasteiger partial charge in [-0.15, -0.1) is 0 Å². The van der Waals surface area contributed by atoms with Crippen LogP contribution in [-0.2, 0) is 14.3 Å². The minimum absolute atomic E-state index is 0.149. The van der Waals surface area contributed by atoms with E-state index in [1.807, 2.05) is 68.4 Å². The Morgan fingerprint density at radius 3 is 2.36 bits per heavy atom. The van der Waals surface area contributed by atoms with Gasteiger partial charge in [0.25, 0.3) is 0 Å². The first-order chi connectivity index (χ1) is 13.5. The van der Waals surface area contributed by atoms with E-state index in [2.05, 4.69) is 0 Å². The highest BCUT2D eigenvalue weighted by atomic mass is 16.5. The summed E-state index contributed by atoms with van der Waals surface area (Å²) in [5.41, 5.74) is 1.91. The molecule has 0 aliphatic heterocycles. The van der Waals surface area contributed by atoms with E-state index in [-0.39, 0.29) is 30.9 Å². The van der Waals surface area contributed by atoms with Crippen molar-refractivity contribution in [2.24, 2.45) is 0 Å². The van der Waals surface area contributed by atoms with E-state index in [0.717, 1.165) is 16.9 Å². The molecule has 0 N–H and O–H groups in total. The smallest absolute Gasteiger partial charge is 0.307 e. The van der Waals surface area contributed by atoms with E-state index in [4.69, 9.17) is 9.47 Å². The molecule has 0 aliphatic carbocycles. The highest BCUT2D eigenvalue weighted by Gasteiger charge is 2.20. The van der Waals surface area contributed by atoms with Crippen molar-refractivity contribution in [3.05, 3.63) is 71.8 Å². The molecule has 1 atom stereocenters. The number of benzene rings is 2. The van der Waals surface area contributed by atoms with Crippen LogP contribution >= 0.6 is 0 Å². The molecule has 0 fully saturated rings. The first-order valence-corrected chi connectivity index (χ1v) is 9.38. The molecule has 0 bridgehead atoms. The summed E-state index contributed by atoms with van der Waals surface area (Å²) in [6, 6.07) is 17.1. The fourth-order valence-corrected chi connectivity index (χ4v) is 2.83. The molecule has 0 aromatic heterocycles. The van der Waals surface area contributed by atoms with Crippen molar-refractivity contribution in [3.8, 4) is 5.75 Å². The van der Waals surface area contributed by atoms with Crippen molar-refractivity contribution in [2.75, 3.05) is 20.3 Å². The van der Waals surface area contributed by atoms with Crippen molar-refractivity contribution in [1.29, 1.82) is 0 Å². The molecule has 1 amide bonds. The summed E-state index contributed by atoms with van der Waals surface area (Å²) in [5.74, 6) is 0.297.